The van der Waals surface area contributed by atoms with Crippen molar-refractivity contribution in [2.75, 3.05) is 18.6 Å². The number of halogens is 1. The van der Waals surface area contributed by atoms with Gasteiger partial charge >= 0.3 is 5.97 Å². The summed E-state index contributed by atoms with van der Waals surface area (Å²) in [6, 6.07) is 3.53. The zero-order valence-corrected chi connectivity index (χ0v) is 18.0. The quantitative estimate of drug-likeness (QED) is 0.343. The third-order valence-electron chi connectivity index (χ3n) is 3.06. The summed E-state index contributed by atoms with van der Waals surface area (Å²) in [4.78, 5) is 16.0. The lowest BCUT2D eigenvalue weighted by atomic mass is 10.2. The van der Waals surface area contributed by atoms with E-state index in [1.807, 2.05) is 19.2 Å². The Morgan fingerprint density at radius 2 is 2.11 bits per heavy atom. The van der Waals surface area contributed by atoms with Crippen LogP contribution in [0.2, 0.25) is 0 Å². The molecule has 0 aliphatic rings. The molecule has 0 saturated heterocycles. The zero-order valence-electron chi connectivity index (χ0n) is 15.6. The highest BCUT2D eigenvalue weighted by Gasteiger charge is 2.13. The van der Waals surface area contributed by atoms with Gasteiger partial charge in [0.2, 0.25) is 5.13 Å². The molecule has 0 saturated carbocycles. The highest BCUT2D eigenvalue weighted by atomic mass is 79.9. The largest absolute Gasteiger partial charge is 0.490 e. The first-order chi connectivity index (χ1) is 12.9. The maximum Gasteiger partial charge on any atom is 0.344 e. The van der Waals surface area contributed by atoms with Crippen LogP contribution in [0.25, 0.3) is 0 Å². The molecule has 0 atom stereocenters. The average Bonchev–Trinajstić information content (AvgIpc) is 3.01. The molecule has 0 spiro atoms. The normalized spacial score (nSPS) is 11.0. The summed E-state index contributed by atoms with van der Waals surface area (Å²) in [6.07, 6.45) is 1.46. The Balaban J connectivity index is 2.10. The number of esters is 1. The van der Waals surface area contributed by atoms with Crippen LogP contribution in [0.5, 0.6) is 11.5 Å². The topological polar surface area (TPSA) is 82.0 Å². The van der Waals surface area contributed by atoms with E-state index in [1.165, 1.54) is 11.3 Å². The SMILES string of the molecule is CCOc1cc(C=NNc2nc(C)cs2)c(Br)cc1OCC(=O)OC(C)C. The summed E-state index contributed by atoms with van der Waals surface area (Å²) in [5.74, 6) is 0.534. The highest BCUT2D eigenvalue weighted by molar-refractivity contribution is 9.10. The van der Waals surface area contributed by atoms with E-state index in [0.717, 1.165) is 15.7 Å². The molecule has 0 radical (unpaired) electrons. The van der Waals surface area contributed by atoms with Crippen LogP contribution in [0.3, 0.4) is 0 Å². The Morgan fingerprint density at radius 1 is 1.37 bits per heavy atom. The van der Waals surface area contributed by atoms with Crippen molar-refractivity contribution in [3.05, 3.63) is 33.2 Å². The van der Waals surface area contributed by atoms with Crippen LogP contribution < -0.4 is 14.9 Å². The number of nitrogens with one attached hydrogen (secondary N) is 1. The van der Waals surface area contributed by atoms with Crippen molar-refractivity contribution in [2.45, 2.75) is 33.8 Å². The average molecular weight is 456 g/mol. The lowest BCUT2D eigenvalue weighted by Gasteiger charge is -2.14. The fourth-order valence-electron chi connectivity index (χ4n) is 2.03. The number of anilines is 1. The van der Waals surface area contributed by atoms with Crippen LogP contribution in [0.1, 0.15) is 32.0 Å². The molecule has 0 unspecified atom stereocenters. The van der Waals surface area contributed by atoms with Crippen molar-refractivity contribution in [1.82, 2.24) is 4.98 Å². The van der Waals surface area contributed by atoms with Crippen LogP contribution in [-0.4, -0.2) is 36.5 Å². The van der Waals surface area contributed by atoms with Gasteiger partial charge in [0.25, 0.3) is 0 Å². The number of hydrogen-bond donors (Lipinski definition) is 1. The molecule has 0 fully saturated rings. The maximum absolute atomic E-state index is 11.7. The van der Waals surface area contributed by atoms with E-state index in [2.05, 4.69) is 31.4 Å². The smallest absolute Gasteiger partial charge is 0.344 e. The summed E-state index contributed by atoms with van der Waals surface area (Å²) >= 11 is 4.97. The van der Waals surface area contributed by atoms with Crippen molar-refractivity contribution in [3.63, 3.8) is 0 Å². The van der Waals surface area contributed by atoms with Gasteiger partial charge in [0.05, 0.1) is 24.6 Å². The maximum atomic E-state index is 11.7. The molecule has 7 nitrogen and oxygen atoms in total. The second-order valence-corrected chi connectivity index (χ2v) is 7.46. The molecule has 1 heterocycles. The van der Waals surface area contributed by atoms with Crippen LogP contribution >= 0.6 is 27.3 Å². The third-order valence-corrected chi connectivity index (χ3v) is 4.61. The van der Waals surface area contributed by atoms with E-state index < -0.39 is 5.97 Å². The molecule has 2 rings (SSSR count). The van der Waals surface area contributed by atoms with Gasteiger partial charge in [-0.25, -0.2) is 9.78 Å². The second kappa shape index (κ2) is 10.3. The van der Waals surface area contributed by atoms with Crippen molar-refractivity contribution >= 4 is 44.6 Å². The minimum absolute atomic E-state index is 0.188. The minimum Gasteiger partial charge on any atom is -0.490 e. The van der Waals surface area contributed by atoms with E-state index in [4.69, 9.17) is 14.2 Å². The van der Waals surface area contributed by atoms with Crippen LogP contribution in [0.15, 0.2) is 27.1 Å². The first-order valence-corrected chi connectivity index (χ1v) is 10.1. The van der Waals surface area contributed by atoms with Crippen LogP contribution in [-0.2, 0) is 9.53 Å². The molecule has 0 amide bonds. The van der Waals surface area contributed by atoms with Gasteiger partial charge in [-0.15, -0.1) is 11.3 Å². The van der Waals surface area contributed by atoms with Crippen molar-refractivity contribution in [3.8, 4) is 11.5 Å². The molecule has 27 heavy (non-hydrogen) atoms. The molecule has 1 aromatic heterocycles. The number of hydrazone groups is 1. The fourth-order valence-corrected chi connectivity index (χ4v) is 3.09. The van der Waals surface area contributed by atoms with E-state index in [0.29, 0.717) is 23.2 Å². The summed E-state index contributed by atoms with van der Waals surface area (Å²) in [5, 5.41) is 6.85. The Kier molecular flexibility index (Phi) is 8.05. The van der Waals surface area contributed by atoms with Gasteiger partial charge in [0.15, 0.2) is 18.1 Å². The molecule has 0 aliphatic heterocycles. The predicted octanol–water partition coefficient (Wildman–Crippen LogP) is 4.39. The zero-order chi connectivity index (χ0) is 19.8. The fraction of sp³-hybridized carbons (Fsp3) is 0.389. The third kappa shape index (κ3) is 6.84. The lowest BCUT2D eigenvalue weighted by molar-refractivity contribution is -0.149. The molecule has 146 valence electrons. The molecule has 0 aliphatic carbocycles. The monoisotopic (exact) mass is 455 g/mol. The van der Waals surface area contributed by atoms with Gasteiger partial charge < -0.3 is 14.2 Å². The number of benzene rings is 1. The van der Waals surface area contributed by atoms with E-state index in [1.54, 1.807) is 32.2 Å². The number of carbonyl (C=O) groups is 1. The van der Waals surface area contributed by atoms with Crippen LogP contribution in [0, 0.1) is 6.92 Å². The number of rotatable bonds is 9. The predicted molar refractivity (Wildman–Crippen MR) is 110 cm³/mol. The number of thiazole rings is 1. The van der Waals surface area contributed by atoms with Gasteiger partial charge in [-0.2, -0.15) is 5.10 Å². The minimum atomic E-state index is -0.433. The molecule has 1 aromatic carbocycles. The number of nitrogens with zero attached hydrogens (tertiary/aromatic N) is 2. The summed E-state index contributed by atoms with van der Waals surface area (Å²) < 4.78 is 17.0. The lowest BCUT2D eigenvalue weighted by Crippen LogP contribution is -2.19. The van der Waals surface area contributed by atoms with Crippen molar-refractivity contribution in [1.29, 1.82) is 0 Å². The van der Waals surface area contributed by atoms with E-state index in [9.17, 15) is 4.79 Å². The first kappa shape index (κ1) is 21.2. The van der Waals surface area contributed by atoms with E-state index in [-0.39, 0.29) is 12.7 Å². The molecule has 0 bridgehead atoms. The molecule has 2 aromatic rings. The number of ether oxygens (including phenoxy) is 3. The molecular formula is C18H22BrN3O4S. The molecular weight excluding hydrogens is 434 g/mol. The standard InChI is InChI=1S/C18H22BrN3O4S/c1-5-24-15-6-13(8-20-22-18-21-12(4)10-27-18)14(19)7-16(15)25-9-17(23)26-11(2)3/h6-8,10-11H,5,9H2,1-4H3,(H,21,22). The summed E-state index contributed by atoms with van der Waals surface area (Å²) in [6.45, 7) is 7.64. The Hall–Kier alpha value is -2.13. The number of aryl methyl sites for hydroxylation is 1. The van der Waals surface area contributed by atoms with Gasteiger partial charge in [0, 0.05) is 15.4 Å². The summed E-state index contributed by atoms with van der Waals surface area (Å²) in [5.41, 5.74) is 4.62. The van der Waals surface area contributed by atoms with E-state index >= 15 is 0 Å². The van der Waals surface area contributed by atoms with Gasteiger partial charge in [-0.1, -0.05) is 0 Å². The highest BCUT2D eigenvalue weighted by Crippen LogP contribution is 2.33. The second-order valence-electron chi connectivity index (χ2n) is 5.74. The molecule has 1 N–H and O–H groups in total. The first-order valence-electron chi connectivity index (χ1n) is 8.38. The number of aromatic nitrogens is 1. The number of hydrogen-bond acceptors (Lipinski definition) is 8. The summed E-state index contributed by atoms with van der Waals surface area (Å²) in [7, 11) is 0. The Labute approximate surface area is 170 Å². The molecule has 9 heteroatoms. The Bertz CT molecular complexity index is 808. The van der Waals surface area contributed by atoms with Crippen molar-refractivity contribution < 1.29 is 19.0 Å². The van der Waals surface area contributed by atoms with Crippen molar-refractivity contribution in [2.24, 2.45) is 5.10 Å². The van der Waals surface area contributed by atoms with Gasteiger partial charge in [0.1, 0.15) is 0 Å². The van der Waals surface area contributed by atoms with Gasteiger partial charge in [-0.3, -0.25) is 5.43 Å². The Morgan fingerprint density at radius 3 is 2.74 bits per heavy atom. The van der Waals surface area contributed by atoms with Gasteiger partial charge in [-0.05, 0) is 55.8 Å². The van der Waals surface area contributed by atoms with Crippen LogP contribution in [0.4, 0.5) is 5.13 Å². The number of carbonyl (C=O) groups excluding carboxylic acids is 1.